The average molecular weight is 412 g/mol. The van der Waals surface area contributed by atoms with E-state index in [1.165, 1.54) is 7.11 Å². The highest BCUT2D eigenvalue weighted by atomic mass is 16.5. The summed E-state index contributed by atoms with van der Waals surface area (Å²) in [6.45, 7) is 0.316. The van der Waals surface area contributed by atoms with Gasteiger partial charge in [-0.25, -0.2) is 4.79 Å². The van der Waals surface area contributed by atoms with Crippen molar-refractivity contribution in [3.8, 4) is 11.5 Å². The Morgan fingerprint density at radius 3 is 2.52 bits per heavy atom. The fourth-order valence-electron chi connectivity index (χ4n) is 3.10. The Morgan fingerprint density at radius 2 is 1.77 bits per heavy atom. The fraction of sp³-hybridized carbons (Fsp3) is 0.0769. The molecule has 0 saturated carbocycles. The monoisotopic (exact) mass is 412 g/mol. The zero-order chi connectivity index (χ0) is 21.6. The van der Waals surface area contributed by atoms with Crippen LogP contribution in [0.1, 0.15) is 31.8 Å². The van der Waals surface area contributed by atoms with Crippen molar-refractivity contribution in [1.82, 2.24) is 0 Å². The molecule has 5 heteroatoms. The van der Waals surface area contributed by atoms with E-state index >= 15 is 0 Å². The summed E-state index contributed by atoms with van der Waals surface area (Å²) in [5.41, 5.74) is 2.93. The van der Waals surface area contributed by atoms with Gasteiger partial charge in [-0.05, 0) is 41.5 Å². The van der Waals surface area contributed by atoms with Crippen LogP contribution in [-0.4, -0.2) is 18.9 Å². The van der Waals surface area contributed by atoms with Crippen LogP contribution in [0, 0.1) is 0 Å². The second-order valence-corrected chi connectivity index (χ2v) is 6.87. The van der Waals surface area contributed by atoms with Gasteiger partial charge in [0.2, 0.25) is 5.78 Å². The van der Waals surface area contributed by atoms with Crippen LogP contribution in [0.15, 0.2) is 90.7 Å². The smallest absolute Gasteiger partial charge is 0.337 e. The lowest BCUT2D eigenvalue weighted by atomic mass is 10.1. The molecule has 1 aliphatic rings. The normalized spacial score (nSPS) is 13.8. The molecule has 1 aliphatic heterocycles. The topological polar surface area (TPSA) is 61.8 Å². The van der Waals surface area contributed by atoms with Crippen LogP contribution in [0.2, 0.25) is 0 Å². The first-order valence-electron chi connectivity index (χ1n) is 9.74. The van der Waals surface area contributed by atoms with Crippen molar-refractivity contribution in [3.63, 3.8) is 0 Å². The molecule has 0 saturated heterocycles. The number of ether oxygens (including phenoxy) is 3. The van der Waals surface area contributed by atoms with Gasteiger partial charge in [0.1, 0.15) is 18.1 Å². The third-order valence-electron chi connectivity index (χ3n) is 4.76. The second kappa shape index (κ2) is 9.13. The molecule has 1 heterocycles. The predicted molar refractivity (Wildman–Crippen MR) is 117 cm³/mol. The highest BCUT2D eigenvalue weighted by Gasteiger charge is 2.27. The summed E-state index contributed by atoms with van der Waals surface area (Å²) in [5.74, 6) is 0.804. The predicted octanol–water partition coefficient (Wildman–Crippen LogP) is 5.22. The van der Waals surface area contributed by atoms with Gasteiger partial charge in [0.15, 0.2) is 5.76 Å². The van der Waals surface area contributed by atoms with E-state index in [0.717, 1.165) is 11.1 Å². The molecule has 154 valence electrons. The van der Waals surface area contributed by atoms with E-state index in [-0.39, 0.29) is 17.5 Å². The zero-order valence-corrected chi connectivity index (χ0v) is 16.9. The first kappa shape index (κ1) is 20.2. The van der Waals surface area contributed by atoms with E-state index in [2.05, 4.69) is 0 Å². The number of benzene rings is 3. The maximum atomic E-state index is 12.5. The number of rotatable bonds is 6. The molecule has 0 aromatic heterocycles. The van der Waals surface area contributed by atoms with Crippen molar-refractivity contribution in [2.24, 2.45) is 0 Å². The van der Waals surface area contributed by atoms with Crippen LogP contribution in [0.5, 0.6) is 11.5 Å². The van der Waals surface area contributed by atoms with Crippen molar-refractivity contribution >= 4 is 17.8 Å². The van der Waals surface area contributed by atoms with Gasteiger partial charge in [-0.3, -0.25) is 4.79 Å². The van der Waals surface area contributed by atoms with E-state index in [1.807, 2.05) is 36.4 Å². The molecule has 0 fully saturated rings. The number of Topliss-reactive ketones (excluding diaryl/α,β-unsaturated/α-hetero) is 1. The van der Waals surface area contributed by atoms with E-state index in [9.17, 15) is 9.59 Å². The van der Waals surface area contributed by atoms with E-state index in [4.69, 9.17) is 14.2 Å². The summed E-state index contributed by atoms with van der Waals surface area (Å²) in [6.07, 6.45) is 5.37. The summed E-state index contributed by atoms with van der Waals surface area (Å²) < 4.78 is 16.2. The Hall–Kier alpha value is -4.12. The third-order valence-corrected chi connectivity index (χ3v) is 4.76. The van der Waals surface area contributed by atoms with Crippen LogP contribution in [0.3, 0.4) is 0 Å². The molecule has 0 radical (unpaired) electrons. The SMILES string of the molecule is COC(=O)c1ccc(COc2ccc3c(c2)OC(=CC=Cc2ccccc2)C3=O)cc1. The molecule has 0 spiro atoms. The van der Waals surface area contributed by atoms with Crippen molar-refractivity contribution in [1.29, 1.82) is 0 Å². The molecule has 0 unspecified atom stereocenters. The quantitative estimate of drug-likeness (QED) is 0.410. The number of ketones is 1. The average Bonchev–Trinajstić information content (AvgIpc) is 3.13. The first-order chi connectivity index (χ1) is 15.1. The first-order valence-corrected chi connectivity index (χ1v) is 9.74. The van der Waals surface area contributed by atoms with Crippen LogP contribution < -0.4 is 9.47 Å². The van der Waals surface area contributed by atoms with Gasteiger partial charge in [0, 0.05) is 6.07 Å². The lowest BCUT2D eigenvalue weighted by molar-refractivity contribution is 0.0600. The van der Waals surface area contributed by atoms with Crippen LogP contribution in [0.25, 0.3) is 6.08 Å². The number of methoxy groups -OCH3 is 1. The van der Waals surface area contributed by atoms with Crippen molar-refractivity contribution in [2.75, 3.05) is 7.11 Å². The fourth-order valence-corrected chi connectivity index (χ4v) is 3.10. The zero-order valence-electron chi connectivity index (χ0n) is 16.9. The molecule has 0 aliphatic carbocycles. The maximum absolute atomic E-state index is 12.5. The Balaban J connectivity index is 1.40. The number of carbonyl (C=O) groups excluding carboxylic acids is 2. The van der Waals surface area contributed by atoms with Crippen molar-refractivity contribution < 1.29 is 23.8 Å². The van der Waals surface area contributed by atoms with E-state index in [1.54, 1.807) is 54.6 Å². The van der Waals surface area contributed by atoms with Crippen molar-refractivity contribution in [3.05, 3.63) is 113 Å². The molecule has 5 nitrogen and oxygen atoms in total. The van der Waals surface area contributed by atoms with Crippen molar-refractivity contribution in [2.45, 2.75) is 6.61 Å². The Bertz CT molecular complexity index is 1160. The van der Waals surface area contributed by atoms with Gasteiger partial charge in [-0.1, -0.05) is 54.6 Å². The Kier molecular flexibility index (Phi) is 5.94. The summed E-state index contributed by atoms with van der Waals surface area (Å²) in [7, 11) is 1.35. The number of hydrogen-bond acceptors (Lipinski definition) is 5. The molecule has 31 heavy (non-hydrogen) atoms. The summed E-state index contributed by atoms with van der Waals surface area (Å²) in [5, 5.41) is 0. The van der Waals surface area contributed by atoms with Gasteiger partial charge < -0.3 is 14.2 Å². The Labute approximate surface area is 180 Å². The lowest BCUT2D eigenvalue weighted by Gasteiger charge is -2.08. The molecule has 0 N–H and O–H groups in total. The van der Waals surface area contributed by atoms with Gasteiger partial charge >= 0.3 is 5.97 Å². The minimum absolute atomic E-state index is 0.155. The summed E-state index contributed by atoms with van der Waals surface area (Å²) in [6, 6.07) is 22.0. The van der Waals surface area contributed by atoms with E-state index < -0.39 is 0 Å². The molecule has 0 bridgehead atoms. The van der Waals surface area contributed by atoms with Crippen LogP contribution in [-0.2, 0) is 11.3 Å². The van der Waals surface area contributed by atoms with Gasteiger partial charge in [-0.2, -0.15) is 0 Å². The molecule has 3 aromatic rings. The van der Waals surface area contributed by atoms with Gasteiger partial charge in [0.25, 0.3) is 0 Å². The largest absolute Gasteiger partial charge is 0.489 e. The molecule has 0 amide bonds. The molecule has 3 aromatic carbocycles. The van der Waals surface area contributed by atoms with Gasteiger partial charge in [0.05, 0.1) is 18.2 Å². The number of fused-ring (bicyclic) bond motifs is 1. The van der Waals surface area contributed by atoms with Crippen LogP contribution in [0.4, 0.5) is 0 Å². The number of allylic oxidation sites excluding steroid dienone is 3. The maximum Gasteiger partial charge on any atom is 0.337 e. The molecule has 0 atom stereocenters. The number of esters is 1. The second-order valence-electron chi connectivity index (χ2n) is 6.87. The summed E-state index contributed by atoms with van der Waals surface area (Å²) in [4.78, 5) is 24.0. The minimum atomic E-state index is -0.379. The molecular weight excluding hydrogens is 392 g/mol. The highest BCUT2D eigenvalue weighted by molar-refractivity contribution is 6.12. The van der Waals surface area contributed by atoms with E-state index in [0.29, 0.717) is 29.2 Å². The van der Waals surface area contributed by atoms with Crippen LogP contribution >= 0.6 is 0 Å². The Morgan fingerprint density at radius 1 is 1.00 bits per heavy atom. The standard InChI is InChI=1S/C26H20O5/c1-29-26(28)20-12-10-19(11-13-20)17-30-21-14-15-22-24(16-21)31-23(25(22)27)9-5-8-18-6-3-2-4-7-18/h2-16H,17H2,1H3. The molecule has 4 rings (SSSR count). The van der Waals surface area contributed by atoms with Gasteiger partial charge in [-0.15, -0.1) is 0 Å². The minimum Gasteiger partial charge on any atom is -0.489 e. The summed E-state index contributed by atoms with van der Waals surface area (Å²) >= 11 is 0. The highest BCUT2D eigenvalue weighted by Crippen LogP contribution is 2.34. The lowest BCUT2D eigenvalue weighted by Crippen LogP contribution is -2.02. The number of hydrogen-bond donors (Lipinski definition) is 0. The molecular formula is C26H20O5. The number of carbonyl (C=O) groups is 2. The third kappa shape index (κ3) is 4.73.